The fourth-order valence-corrected chi connectivity index (χ4v) is 3.75. The largest absolute Gasteiger partial charge is 0.480 e. The summed E-state index contributed by atoms with van der Waals surface area (Å²) in [5.74, 6) is 0.558. The van der Waals surface area contributed by atoms with Gasteiger partial charge in [-0.2, -0.15) is 0 Å². The number of nitrogens with one attached hydrogen (secondary N) is 2. The highest BCUT2D eigenvalue weighted by Gasteiger charge is 2.34. The summed E-state index contributed by atoms with van der Waals surface area (Å²) in [5, 5.41) is 13.9. The molecule has 0 aliphatic carbocycles. The van der Waals surface area contributed by atoms with Crippen LogP contribution in [0, 0.1) is 0 Å². The molecule has 5 rings (SSSR count). The molecule has 2 aromatic carbocycles. The molecule has 3 heterocycles. The number of carbonyl (C=O) groups is 1. The number of hydrogen-bond donors (Lipinski definition) is 3. The first-order valence-corrected chi connectivity index (χ1v) is 8.18. The van der Waals surface area contributed by atoms with E-state index >= 15 is 0 Å². The predicted molar refractivity (Wildman–Crippen MR) is 91.0 cm³/mol. The Morgan fingerprint density at radius 2 is 1.96 bits per heavy atom. The van der Waals surface area contributed by atoms with Crippen LogP contribution >= 0.6 is 0 Å². The first-order chi connectivity index (χ1) is 12.2. The number of rotatable bonds is 2. The molecule has 0 saturated heterocycles. The van der Waals surface area contributed by atoms with Crippen LogP contribution in [-0.4, -0.2) is 28.9 Å². The van der Waals surface area contributed by atoms with Gasteiger partial charge < -0.3 is 19.6 Å². The Kier molecular flexibility index (Phi) is 3.02. The molecule has 1 aromatic heterocycles. The van der Waals surface area contributed by atoms with Crippen molar-refractivity contribution in [1.82, 2.24) is 10.3 Å². The molecule has 0 fully saturated rings. The van der Waals surface area contributed by atoms with Gasteiger partial charge in [-0.05, 0) is 29.3 Å². The van der Waals surface area contributed by atoms with Gasteiger partial charge in [0.15, 0.2) is 11.5 Å². The number of para-hydroxylation sites is 1. The molecule has 0 spiro atoms. The molecule has 3 aromatic rings. The molecular weight excluding hydrogens is 320 g/mol. The first kappa shape index (κ1) is 14.4. The van der Waals surface area contributed by atoms with E-state index in [1.54, 1.807) is 0 Å². The third-order valence-corrected chi connectivity index (χ3v) is 4.94. The summed E-state index contributed by atoms with van der Waals surface area (Å²) in [6.45, 7) is 0.215. The third kappa shape index (κ3) is 2.18. The van der Waals surface area contributed by atoms with Crippen LogP contribution in [0.1, 0.15) is 22.9 Å². The lowest BCUT2D eigenvalue weighted by Crippen LogP contribution is -2.44. The Morgan fingerprint density at radius 1 is 1.12 bits per heavy atom. The number of hydrogen-bond acceptors (Lipinski definition) is 4. The van der Waals surface area contributed by atoms with Crippen LogP contribution in [0.15, 0.2) is 42.5 Å². The van der Waals surface area contributed by atoms with Crippen molar-refractivity contribution in [1.29, 1.82) is 0 Å². The molecule has 2 aliphatic heterocycles. The van der Waals surface area contributed by atoms with Gasteiger partial charge in [-0.1, -0.05) is 24.3 Å². The van der Waals surface area contributed by atoms with E-state index in [0.717, 1.165) is 27.7 Å². The van der Waals surface area contributed by atoms with Crippen molar-refractivity contribution >= 4 is 16.9 Å². The number of H-pyrrole nitrogens is 1. The highest BCUT2D eigenvalue weighted by atomic mass is 16.7. The van der Waals surface area contributed by atoms with E-state index in [-0.39, 0.29) is 12.8 Å². The minimum Gasteiger partial charge on any atom is -0.480 e. The zero-order valence-corrected chi connectivity index (χ0v) is 13.3. The van der Waals surface area contributed by atoms with E-state index in [9.17, 15) is 9.90 Å². The standard InChI is InChI=1S/C19H16N2O4/c22-19(23)14-8-12-11-3-1-2-4-13(11)20-18(12)17(21-14)10-5-6-15-16(7-10)25-9-24-15/h1-7,14,17,20-21H,8-9H2,(H,22,23)/t14?,17-/m1/s1. The Labute approximate surface area is 143 Å². The third-order valence-electron chi connectivity index (χ3n) is 4.94. The Hall–Kier alpha value is -2.99. The van der Waals surface area contributed by atoms with Gasteiger partial charge in [-0.15, -0.1) is 0 Å². The molecule has 1 unspecified atom stereocenters. The first-order valence-electron chi connectivity index (χ1n) is 8.18. The minimum absolute atomic E-state index is 0.215. The number of aliphatic carboxylic acids is 1. The minimum atomic E-state index is -0.846. The Balaban J connectivity index is 1.67. The fraction of sp³-hybridized carbons (Fsp3) is 0.211. The maximum absolute atomic E-state index is 11.7. The summed E-state index contributed by atoms with van der Waals surface area (Å²) in [6.07, 6.45) is 0.454. The molecular formula is C19H16N2O4. The van der Waals surface area contributed by atoms with Crippen molar-refractivity contribution in [2.24, 2.45) is 0 Å². The SMILES string of the molecule is O=C(O)C1Cc2c([nH]c3ccccc23)[C@@H](c2ccc3c(c2)OCO3)N1. The van der Waals surface area contributed by atoms with E-state index in [1.807, 2.05) is 42.5 Å². The molecule has 0 saturated carbocycles. The molecule has 0 radical (unpaired) electrons. The molecule has 25 heavy (non-hydrogen) atoms. The quantitative estimate of drug-likeness (QED) is 0.670. The van der Waals surface area contributed by atoms with Crippen molar-refractivity contribution in [2.45, 2.75) is 18.5 Å². The predicted octanol–water partition coefficient (Wildman–Crippen LogP) is 2.58. The molecule has 126 valence electrons. The smallest absolute Gasteiger partial charge is 0.321 e. The maximum atomic E-state index is 11.7. The van der Waals surface area contributed by atoms with Crippen molar-refractivity contribution < 1.29 is 19.4 Å². The molecule has 3 N–H and O–H groups in total. The van der Waals surface area contributed by atoms with E-state index in [4.69, 9.17) is 9.47 Å². The lowest BCUT2D eigenvalue weighted by molar-refractivity contribution is -0.139. The summed E-state index contributed by atoms with van der Waals surface area (Å²) in [7, 11) is 0. The van der Waals surface area contributed by atoms with E-state index < -0.39 is 12.0 Å². The lowest BCUT2D eigenvalue weighted by atomic mass is 9.90. The molecule has 6 heteroatoms. The number of carboxylic acids is 1. The van der Waals surface area contributed by atoms with Crippen LogP contribution in [0.5, 0.6) is 11.5 Å². The number of carboxylic acid groups (broad SMARTS) is 1. The second kappa shape index (κ2) is 5.26. The number of aromatic amines is 1. The van der Waals surface area contributed by atoms with Gasteiger partial charge in [0.1, 0.15) is 6.04 Å². The van der Waals surface area contributed by atoms with Gasteiger partial charge in [0.05, 0.1) is 6.04 Å². The molecule has 0 amide bonds. The van der Waals surface area contributed by atoms with Crippen molar-refractivity contribution in [3.63, 3.8) is 0 Å². The number of aromatic nitrogens is 1. The maximum Gasteiger partial charge on any atom is 0.321 e. The van der Waals surface area contributed by atoms with Crippen molar-refractivity contribution in [3.05, 3.63) is 59.3 Å². The molecule has 6 nitrogen and oxygen atoms in total. The molecule has 0 bridgehead atoms. The summed E-state index contributed by atoms with van der Waals surface area (Å²) >= 11 is 0. The number of fused-ring (bicyclic) bond motifs is 4. The topological polar surface area (TPSA) is 83.6 Å². The van der Waals surface area contributed by atoms with Gasteiger partial charge in [0.25, 0.3) is 0 Å². The van der Waals surface area contributed by atoms with Gasteiger partial charge in [0, 0.05) is 23.0 Å². The second-order valence-corrected chi connectivity index (χ2v) is 6.37. The highest BCUT2D eigenvalue weighted by molar-refractivity contribution is 5.87. The Bertz CT molecular complexity index is 994. The van der Waals surface area contributed by atoms with E-state index in [0.29, 0.717) is 17.9 Å². The Morgan fingerprint density at radius 3 is 2.84 bits per heavy atom. The van der Waals surface area contributed by atoms with Crippen molar-refractivity contribution in [3.8, 4) is 11.5 Å². The average molecular weight is 336 g/mol. The zero-order chi connectivity index (χ0) is 17.0. The number of ether oxygens (including phenoxy) is 2. The van der Waals surface area contributed by atoms with Crippen molar-refractivity contribution in [2.75, 3.05) is 6.79 Å². The second-order valence-electron chi connectivity index (χ2n) is 6.37. The molecule has 2 aliphatic rings. The van der Waals surface area contributed by atoms with Crippen LogP contribution in [0.3, 0.4) is 0 Å². The van der Waals surface area contributed by atoms with Crippen LogP contribution < -0.4 is 14.8 Å². The van der Waals surface area contributed by atoms with Crippen LogP contribution in [-0.2, 0) is 11.2 Å². The summed E-state index contributed by atoms with van der Waals surface area (Å²) < 4.78 is 10.8. The monoisotopic (exact) mass is 336 g/mol. The van der Waals surface area contributed by atoms with E-state index in [1.165, 1.54) is 0 Å². The summed E-state index contributed by atoms with van der Waals surface area (Å²) in [6, 6.07) is 12.8. The van der Waals surface area contributed by atoms with Gasteiger partial charge >= 0.3 is 5.97 Å². The lowest BCUT2D eigenvalue weighted by Gasteiger charge is -2.29. The van der Waals surface area contributed by atoms with Crippen LogP contribution in [0.2, 0.25) is 0 Å². The fourth-order valence-electron chi connectivity index (χ4n) is 3.75. The zero-order valence-electron chi connectivity index (χ0n) is 13.3. The average Bonchev–Trinajstić information content (AvgIpc) is 3.24. The number of benzene rings is 2. The summed E-state index contributed by atoms with van der Waals surface area (Å²) in [5.41, 5.74) is 4.04. The molecule has 2 atom stereocenters. The van der Waals surface area contributed by atoms with E-state index in [2.05, 4.69) is 10.3 Å². The van der Waals surface area contributed by atoms with Gasteiger partial charge in [0.2, 0.25) is 6.79 Å². The highest BCUT2D eigenvalue weighted by Crippen LogP contribution is 2.39. The summed E-state index contributed by atoms with van der Waals surface area (Å²) in [4.78, 5) is 15.1. The normalized spacial score (nSPS) is 21.3. The van der Waals surface area contributed by atoms with Gasteiger partial charge in [-0.25, -0.2) is 0 Å². The van der Waals surface area contributed by atoms with Crippen LogP contribution in [0.4, 0.5) is 0 Å². The van der Waals surface area contributed by atoms with Crippen LogP contribution in [0.25, 0.3) is 10.9 Å². The van der Waals surface area contributed by atoms with Gasteiger partial charge in [-0.3, -0.25) is 10.1 Å².